The van der Waals surface area contributed by atoms with Gasteiger partial charge in [-0.1, -0.05) is 61.4 Å². The summed E-state index contributed by atoms with van der Waals surface area (Å²) in [6.07, 6.45) is 3.65. The molecule has 0 amide bonds. The van der Waals surface area contributed by atoms with Crippen molar-refractivity contribution in [2.75, 3.05) is 0 Å². The molecule has 2 N–H and O–H groups in total. The van der Waals surface area contributed by atoms with Gasteiger partial charge in [0.2, 0.25) is 0 Å². The molecule has 0 aliphatic carbocycles. The molecular weight excluding hydrogens is 242 g/mol. The molecule has 1 nitrogen and oxygen atoms in total. The van der Waals surface area contributed by atoms with Crippen molar-refractivity contribution in [3.63, 3.8) is 0 Å². The van der Waals surface area contributed by atoms with Gasteiger partial charge < -0.3 is 5.73 Å². The van der Waals surface area contributed by atoms with Gasteiger partial charge >= 0.3 is 0 Å². The van der Waals surface area contributed by atoms with Gasteiger partial charge in [0.15, 0.2) is 0 Å². The van der Waals surface area contributed by atoms with Crippen LogP contribution in [-0.4, -0.2) is 0 Å². The molecule has 0 aliphatic heterocycles. The number of nitrogens with two attached hydrogens (primary N) is 1. The molecule has 0 spiro atoms. The topological polar surface area (TPSA) is 26.0 Å². The highest BCUT2D eigenvalue weighted by Gasteiger charge is 2.11. The number of hydrogen-bond donors (Lipinski definition) is 1. The van der Waals surface area contributed by atoms with E-state index in [-0.39, 0.29) is 6.04 Å². The Kier molecular flexibility index (Phi) is 4.97. The third-order valence-corrected chi connectivity index (χ3v) is 3.92. The molecule has 0 aliphatic rings. The van der Waals surface area contributed by atoms with Crippen LogP contribution in [0.5, 0.6) is 0 Å². The Morgan fingerprint density at radius 1 is 1.00 bits per heavy atom. The summed E-state index contributed by atoms with van der Waals surface area (Å²) < 4.78 is 0. The van der Waals surface area contributed by atoms with Crippen LogP contribution < -0.4 is 5.73 Å². The molecule has 0 aromatic heterocycles. The van der Waals surface area contributed by atoms with E-state index in [0.29, 0.717) is 0 Å². The van der Waals surface area contributed by atoms with Crippen molar-refractivity contribution in [1.82, 2.24) is 0 Å². The first kappa shape index (κ1) is 14.8. The van der Waals surface area contributed by atoms with Gasteiger partial charge in [0, 0.05) is 0 Å². The van der Waals surface area contributed by atoms with E-state index < -0.39 is 0 Å². The molecule has 0 saturated heterocycles. The number of benzene rings is 2. The van der Waals surface area contributed by atoms with Gasteiger partial charge in [-0.25, -0.2) is 0 Å². The lowest BCUT2D eigenvalue weighted by Crippen LogP contribution is -2.13. The average molecular weight is 267 g/mol. The molecule has 2 aromatic rings. The second kappa shape index (κ2) is 6.71. The smallest absolute Gasteiger partial charge is 0.0554 e. The number of rotatable bonds is 5. The van der Waals surface area contributed by atoms with Crippen LogP contribution in [0.4, 0.5) is 0 Å². The number of hydrogen-bond acceptors (Lipinski definition) is 1. The zero-order valence-corrected chi connectivity index (χ0v) is 12.8. The molecule has 0 fully saturated rings. The van der Waals surface area contributed by atoms with E-state index in [1.54, 1.807) is 0 Å². The lowest BCUT2D eigenvalue weighted by molar-refractivity contribution is 0.792. The fourth-order valence-electron chi connectivity index (χ4n) is 2.63. The SMILES string of the molecule is CCCCc1ccc(C(N)c2ccc(C)cc2C)cc1. The highest BCUT2D eigenvalue weighted by molar-refractivity contribution is 5.39. The number of aryl methyl sites for hydroxylation is 3. The van der Waals surface area contributed by atoms with E-state index in [4.69, 9.17) is 5.73 Å². The minimum Gasteiger partial charge on any atom is -0.320 e. The molecule has 0 radical (unpaired) electrons. The fraction of sp³-hybridized carbons (Fsp3) is 0.368. The third kappa shape index (κ3) is 3.49. The summed E-state index contributed by atoms with van der Waals surface area (Å²) in [6.45, 7) is 6.48. The first-order valence-electron chi connectivity index (χ1n) is 7.53. The van der Waals surface area contributed by atoms with Gasteiger partial charge in [-0.3, -0.25) is 0 Å². The molecule has 1 unspecified atom stereocenters. The van der Waals surface area contributed by atoms with Crippen molar-refractivity contribution >= 4 is 0 Å². The van der Waals surface area contributed by atoms with Gasteiger partial charge in [0.1, 0.15) is 0 Å². The lowest BCUT2D eigenvalue weighted by Gasteiger charge is -2.16. The quantitative estimate of drug-likeness (QED) is 0.835. The Morgan fingerprint density at radius 3 is 2.30 bits per heavy atom. The summed E-state index contributed by atoms with van der Waals surface area (Å²) in [7, 11) is 0. The van der Waals surface area contributed by atoms with E-state index in [0.717, 1.165) is 6.42 Å². The molecule has 106 valence electrons. The predicted molar refractivity (Wildman–Crippen MR) is 87.0 cm³/mol. The molecule has 0 bridgehead atoms. The maximum Gasteiger partial charge on any atom is 0.0554 e. The fourth-order valence-corrected chi connectivity index (χ4v) is 2.63. The van der Waals surface area contributed by atoms with Crippen molar-refractivity contribution in [3.8, 4) is 0 Å². The summed E-state index contributed by atoms with van der Waals surface area (Å²) in [6, 6.07) is 15.2. The van der Waals surface area contributed by atoms with E-state index in [2.05, 4.69) is 63.2 Å². The van der Waals surface area contributed by atoms with Crippen LogP contribution in [0.2, 0.25) is 0 Å². The van der Waals surface area contributed by atoms with Gasteiger partial charge in [-0.05, 0) is 48.9 Å². The molecule has 0 heterocycles. The largest absolute Gasteiger partial charge is 0.320 e. The van der Waals surface area contributed by atoms with Crippen LogP contribution in [0.15, 0.2) is 42.5 Å². The summed E-state index contributed by atoms with van der Waals surface area (Å²) >= 11 is 0. The van der Waals surface area contributed by atoms with Crippen LogP contribution in [0.25, 0.3) is 0 Å². The van der Waals surface area contributed by atoms with E-state index in [9.17, 15) is 0 Å². The average Bonchev–Trinajstić information content (AvgIpc) is 2.45. The Labute approximate surface area is 122 Å². The highest BCUT2D eigenvalue weighted by atomic mass is 14.6. The Morgan fingerprint density at radius 2 is 1.70 bits per heavy atom. The number of unbranched alkanes of at least 4 members (excludes halogenated alkanes) is 1. The third-order valence-electron chi connectivity index (χ3n) is 3.92. The van der Waals surface area contributed by atoms with Crippen molar-refractivity contribution in [2.45, 2.75) is 46.1 Å². The highest BCUT2D eigenvalue weighted by Crippen LogP contribution is 2.24. The van der Waals surface area contributed by atoms with Crippen molar-refractivity contribution in [2.24, 2.45) is 5.73 Å². The molecule has 2 rings (SSSR count). The van der Waals surface area contributed by atoms with Gasteiger partial charge in [0.25, 0.3) is 0 Å². The second-order valence-corrected chi connectivity index (χ2v) is 5.68. The van der Waals surface area contributed by atoms with E-state index in [1.807, 2.05) is 0 Å². The molecule has 1 heteroatoms. The van der Waals surface area contributed by atoms with Gasteiger partial charge in [-0.2, -0.15) is 0 Å². The van der Waals surface area contributed by atoms with Crippen molar-refractivity contribution < 1.29 is 0 Å². The van der Waals surface area contributed by atoms with Crippen LogP contribution in [0.1, 0.15) is 53.6 Å². The van der Waals surface area contributed by atoms with Gasteiger partial charge in [0.05, 0.1) is 6.04 Å². The van der Waals surface area contributed by atoms with E-state index in [1.165, 1.54) is 40.7 Å². The summed E-state index contributed by atoms with van der Waals surface area (Å²) in [5.41, 5.74) is 12.8. The monoisotopic (exact) mass is 267 g/mol. The summed E-state index contributed by atoms with van der Waals surface area (Å²) in [5.74, 6) is 0. The van der Waals surface area contributed by atoms with Gasteiger partial charge in [-0.15, -0.1) is 0 Å². The first-order chi connectivity index (χ1) is 9.61. The Bertz CT molecular complexity index is 554. The normalized spacial score (nSPS) is 12.4. The molecule has 2 aromatic carbocycles. The van der Waals surface area contributed by atoms with Crippen LogP contribution in [-0.2, 0) is 6.42 Å². The summed E-state index contributed by atoms with van der Waals surface area (Å²) in [4.78, 5) is 0. The maximum atomic E-state index is 6.42. The zero-order chi connectivity index (χ0) is 14.5. The van der Waals surface area contributed by atoms with E-state index >= 15 is 0 Å². The predicted octanol–water partition coefficient (Wildman–Crippen LogP) is 4.69. The standard InChI is InChI=1S/C19H25N/c1-4-5-6-16-8-10-17(11-9-16)19(20)18-12-7-14(2)13-15(18)3/h7-13,19H,4-6,20H2,1-3H3. The molecule has 20 heavy (non-hydrogen) atoms. The van der Waals surface area contributed by atoms with Crippen LogP contribution in [0, 0.1) is 13.8 Å². The lowest BCUT2D eigenvalue weighted by atomic mass is 9.93. The maximum absolute atomic E-state index is 6.42. The molecular formula is C19H25N. The van der Waals surface area contributed by atoms with Crippen molar-refractivity contribution in [3.05, 3.63) is 70.3 Å². The van der Waals surface area contributed by atoms with Crippen molar-refractivity contribution in [1.29, 1.82) is 0 Å². The first-order valence-corrected chi connectivity index (χ1v) is 7.53. The Hall–Kier alpha value is -1.60. The minimum absolute atomic E-state index is 0.0316. The van der Waals surface area contributed by atoms with Crippen LogP contribution >= 0.6 is 0 Å². The molecule has 1 atom stereocenters. The summed E-state index contributed by atoms with van der Waals surface area (Å²) in [5, 5.41) is 0. The Balaban J connectivity index is 2.18. The zero-order valence-electron chi connectivity index (χ0n) is 12.8. The second-order valence-electron chi connectivity index (χ2n) is 5.68. The molecule has 0 saturated carbocycles. The van der Waals surface area contributed by atoms with Crippen LogP contribution in [0.3, 0.4) is 0 Å². The minimum atomic E-state index is -0.0316.